The van der Waals surface area contributed by atoms with Crippen LogP contribution in [0.5, 0.6) is 5.75 Å². The molecule has 27 heavy (non-hydrogen) atoms. The smallest absolute Gasteiger partial charge is 0.277 e. The van der Waals surface area contributed by atoms with Crippen LogP contribution in [0.1, 0.15) is 21.6 Å². The first-order valence-corrected chi connectivity index (χ1v) is 9.53. The number of imidazole rings is 1. The number of ether oxygens (including phenoxy) is 1. The Labute approximate surface area is 159 Å². The summed E-state index contributed by atoms with van der Waals surface area (Å²) in [6, 6.07) is 11.9. The predicted octanol–water partition coefficient (Wildman–Crippen LogP) is 4.18. The lowest BCUT2D eigenvalue weighted by Crippen LogP contribution is -2.13. The number of aromatic nitrogens is 3. The first-order chi connectivity index (χ1) is 13.2. The Morgan fingerprint density at radius 1 is 1.22 bits per heavy atom. The number of carbonyl (C=O) groups excluding carboxylic acids is 1. The van der Waals surface area contributed by atoms with Crippen LogP contribution in [0, 0.1) is 6.92 Å². The van der Waals surface area contributed by atoms with E-state index < -0.39 is 0 Å². The molecule has 2 aromatic carbocycles. The SMILES string of the molecule is Cc1ccc2nc(NC(=O)c3csc(-c4ccc5c(c4)CCO5)n3)[nH]c2c1. The summed E-state index contributed by atoms with van der Waals surface area (Å²) < 4.78 is 5.54. The van der Waals surface area contributed by atoms with Crippen molar-refractivity contribution in [1.82, 2.24) is 15.0 Å². The minimum atomic E-state index is -0.280. The maximum Gasteiger partial charge on any atom is 0.277 e. The van der Waals surface area contributed by atoms with E-state index in [9.17, 15) is 4.79 Å². The number of thiazole rings is 1. The molecule has 0 bridgehead atoms. The molecule has 1 amide bonds. The molecule has 2 aromatic heterocycles. The first-order valence-electron chi connectivity index (χ1n) is 8.65. The number of fused-ring (bicyclic) bond motifs is 2. The van der Waals surface area contributed by atoms with E-state index in [1.807, 2.05) is 37.3 Å². The largest absolute Gasteiger partial charge is 0.493 e. The first kappa shape index (κ1) is 16.0. The van der Waals surface area contributed by atoms with Gasteiger partial charge in [0, 0.05) is 17.4 Å². The Bertz CT molecular complexity index is 1180. The summed E-state index contributed by atoms with van der Waals surface area (Å²) in [5.74, 6) is 1.08. The van der Waals surface area contributed by atoms with Gasteiger partial charge in [0.2, 0.25) is 5.95 Å². The molecule has 0 radical (unpaired) electrons. The highest BCUT2D eigenvalue weighted by Crippen LogP contribution is 2.32. The van der Waals surface area contributed by atoms with Crippen LogP contribution in [0.15, 0.2) is 41.8 Å². The van der Waals surface area contributed by atoms with Gasteiger partial charge in [-0.15, -0.1) is 11.3 Å². The topological polar surface area (TPSA) is 79.9 Å². The number of amides is 1. The highest BCUT2D eigenvalue weighted by molar-refractivity contribution is 7.13. The van der Waals surface area contributed by atoms with Gasteiger partial charge in [-0.2, -0.15) is 0 Å². The van der Waals surface area contributed by atoms with Gasteiger partial charge in [-0.1, -0.05) is 6.07 Å². The Morgan fingerprint density at radius 3 is 3.07 bits per heavy atom. The molecule has 0 unspecified atom stereocenters. The molecule has 5 rings (SSSR count). The molecule has 3 heterocycles. The summed E-state index contributed by atoms with van der Waals surface area (Å²) in [7, 11) is 0. The molecule has 0 atom stereocenters. The van der Waals surface area contributed by atoms with Crippen molar-refractivity contribution in [2.75, 3.05) is 11.9 Å². The van der Waals surface area contributed by atoms with Crippen LogP contribution in [0.2, 0.25) is 0 Å². The molecule has 0 saturated heterocycles. The lowest BCUT2D eigenvalue weighted by molar-refractivity contribution is 0.102. The number of anilines is 1. The summed E-state index contributed by atoms with van der Waals surface area (Å²) in [6.45, 7) is 2.74. The third kappa shape index (κ3) is 2.96. The maximum absolute atomic E-state index is 12.5. The lowest BCUT2D eigenvalue weighted by atomic mass is 10.1. The molecule has 1 aliphatic heterocycles. The number of rotatable bonds is 3. The maximum atomic E-state index is 12.5. The lowest BCUT2D eigenvalue weighted by Gasteiger charge is -2.01. The molecule has 7 heteroatoms. The van der Waals surface area contributed by atoms with E-state index in [1.165, 1.54) is 16.9 Å². The number of aromatic amines is 1. The van der Waals surface area contributed by atoms with Crippen LogP contribution in [0.4, 0.5) is 5.95 Å². The van der Waals surface area contributed by atoms with Crippen LogP contribution in [0.25, 0.3) is 21.6 Å². The fourth-order valence-electron chi connectivity index (χ4n) is 3.18. The van der Waals surface area contributed by atoms with Gasteiger partial charge in [0.25, 0.3) is 5.91 Å². The number of nitrogens with one attached hydrogen (secondary N) is 2. The Hall–Kier alpha value is -3.19. The zero-order chi connectivity index (χ0) is 18.4. The van der Waals surface area contributed by atoms with Gasteiger partial charge in [-0.3, -0.25) is 10.1 Å². The van der Waals surface area contributed by atoms with Gasteiger partial charge >= 0.3 is 0 Å². The fourth-order valence-corrected chi connectivity index (χ4v) is 3.98. The molecule has 6 nitrogen and oxygen atoms in total. The zero-order valence-corrected chi connectivity index (χ0v) is 15.4. The van der Waals surface area contributed by atoms with Gasteiger partial charge in [-0.25, -0.2) is 9.97 Å². The molecule has 4 aromatic rings. The van der Waals surface area contributed by atoms with Crippen LogP contribution in [-0.2, 0) is 6.42 Å². The summed E-state index contributed by atoms with van der Waals surface area (Å²) in [4.78, 5) is 24.6. The van der Waals surface area contributed by atoms with E-state index in [0.29, 0.717) is 11.6 Å². The van der Waals surface area contributed by atoms with Crippen molar-refractivity contribution in [1.29, 1.82) is 0 Å². The molecular formula is C20H16N4O2S. The molecular weight excluding hydrogens is 360 g/mol. The van der Waals surface area contributed by atoms with Crippen molar-refractivity contribution in [2.45, 2.75) is 13.3 Å². The molecule has 0 saturated carbocycles. The van der Waals surface area contributed by atoms with Crippen molar-refractivity contribution < 1.29 is 9.53 Å². The average Bonchev–Trinajstić information content (AvgIpc) is 3.39. The summed E-state index contributed by atoms with van der Waals surface area (Å²) in [5, 5.41) is 5.37. The number of benzene rings is 2. The summed E-state index contributed by atoms with van der Waals surface area (Å²) in [5.41, 5.74) is 5.41. The highest BCUT2D eigenvalue weighted by Gasteiger charge is 2.17. The second-order valence-electron chi connectivity index (χ2n) is 6.52. The Morgan fingerprint density at radius 2 is 2.15 bits per heavy atom. The van der Waals surface area contributed by atoms with Gasteiger partial charge in [0.1, 0.15) is 16.5 Å². The Kier molecular flexibility index (Phi) is 3.68. The fraction of sp³-hybridized carbons (Fsp3) is 0.150. The number of hydrogen-bond acceptors (Lipinski definition) is 5. The number of aryl methyl sites for hydroxylation is 1. The Balaban J connectivity index is 1.37. The van der Waals surface area contributed by atoms with Crippen LogP contribution >= 0.6 is 11.3 Å². The summed E-state index contributed by atoms with van der Waals surface area (Å²) >= 11 is 1.45. The summed E-state index contributed by atoms with van der Waals surface area (Å²) in [6.07, 6.45) is 0.910. The van der Waals surface area contributed by atoms with Crippen molar-refractivity contribution in [3.63, 3.8) is 0 Å². The normalized spacial score (nSPS) is 12.8. The van der Waals surface area contributed by atoms with E-state index in [1.54, 1.807) is 5.38 Å². The van der Waals surface area contributed by atoms with E-state index in [-0.39, 0.29) is 5.91 Å². The van der Waals surface area contributed by atoms with Crippen molar-refractivity contribution >= 4 is 34.2 Å². The highest BCUT2D eigenvalue weighted by atomic mass is 32.1. The molecule has 0 aliphatic carbocycles. The number of hydrogen-bond donors (Lipinski definition) is 2. The van der Waals surface area contributed by atoms with Crippen molar-refractivity contribution in [3.05, 3.63) is 58.6 Å². The number of carbonyl (C=O) groups is 1. The van der Waals surface area contributed by atoms with Crippen LogP contribution in [-0.4, -0.2) is 27.5 Å². The number of nitrogens with zero attached hydrogens (tertiary/aromatic N) is 2. The minimum absolute atomic E-state index is 0.280. The zero-order valence-electron chi connectivity index (χ0n) is 14.6. The van der Waals surface area contributed by atoms with Crippen LogP contribution in [0.3, 0.4) is 0 Å². The standard InChI is InChI=1S/C20H16N4O2S/c1-11-2-4-14-15(8-11)23-20(22-14)24-18(25)16-10-27-19(21-16)13-3-5-17-12(9-13)6-7-26-17/h2-5,8-10H,6-7H2,1H3,(H2,22,23,24,25). The molecule has 0 spiro atoms. The molecule has 1 aliphatic rings. The van der Waals surface area contributed by atoms with E-state index >= 15 is 0 Å². The second kappa shape index (κ2) is 6.21. The van der Waals surface area contributed by atoms with E-state index in [0.717, 1.165) is 45.9 Å². The molecule has 2 N–H and O–H groups in total. The van der Waals surface area contributed by atoms with Gasteiger partial charge < -0.3 is 9.72 Å². The van der Waals surface area contributed by atoms with Gasteiger partial charge in [0.05, 0.1) is 17.6 Å². The average molecular weight is 376 g/mol. The van der Waals surface area contributed by atoms with Gasteiger partial charge in [0.15, 0.2) is 0 Å². The second-order valence-corrected chi connectivity index (χ2v) is 7.38. The molecule has 134 valence electrons. The third-order valence-corrected chi connectivity index (χ3v) is 5.43. The van der Waals surface area contributed by atoms with E-state index in [2.05, 4.69) is 26.3 Å². The quantitative estimate of drug-likeness (QED) is 0.562. The number of H-pyrrole nitrogens is 1. The van der Waals surface area contributed by atoms with Crippen molar-refractivity contribution in [2.24, 2.45) is 0 Å². The predicted molar refractivity (Wildman–Crippen MR) is 106 cm³/mol. The molecule has 0 fully saturated rings. The monoisotopic (exact) mass is 376 g/mol. The van der Waals surface area contributed by atoms with Crippen molar-refractivity contribution in [3.8, 4) is 16.3 Å². The van der Waals surface area contributed by atoms with Crippen LogP contribution < -0.4 is 10.1 Å². The van der Waals surface area contributed by atoms with E-state index in [4.69, 9.17) is 4.74 Å². The third-order valence-electron chi connectivity index (χ3n) is 4.54. The van der Waals surface area contributed by atoms with Gasteiger partial charge in [-0.05, 0) is 48.4 Å². The minimum Gasteiger partial charge on any atom is -0.493 e.